The lowest BCUT2D eigenvalue weighted by Gasteiger charge is -2.15. The highest BCUT2D eigenvalue weighted by Crippen LogP contribution is 2.32. The molecule has 5 nitrogen and oxygen atoms in total. The maximum Gasteiger partial charge on any atom is 0.157 e. The molecule has 0 unspecified atom stereocenters. The number of hydrogen-bond acceptors (Lipinski definition) is 4. The molecular formula is C25H23N5. The van der Waals surface area contributed by atoms with Gasteiger partial charge in [0.1, 0.15) is 17.2 Å². The molecule has 5 rings (SSSR count). The van der Waals surface area contributed by atoms with Crippen LogP contribution in [-0.4, -0.2) is 25.4 Å². The van der Waals surface area contributed by atoms with Gasteiger partial charge < -0.3 is 5.32 Å². The summed E-state index contributed by atoms with van der Waals surface area (Å²) in [6, 6.07) is 14.5. The smallest absolute Gasteiger partial charge is 0.157 e. The van der Waals surface area contributed by atoms with Crippen molar-refractivity contribution in [3.8, 4) is 23.1 Å². The van der Waals surface area contributed by atoms with Gasteiger partial charge in [0.25, 0.3) is 0 Å². The molecule has 0 amide bonds. The van der Waals surface area contributed by atoms with E-state index in [4.69, 9.17) is 9.97 Å². The Bertz CT molecular complexity index is 1240. The molecule has 3 heterocycles. The number of anilines is 1. The minimum Gasteiger partial charge on any atom is -0.367 e. The standard InChI is InChI=1S/C25H23N5/c1-18-22(14-13-21(27-18)12-11-19-7-3-2-4-8-19)24-25(28-20-9-5-6-10-20)30-16-15-26-17-23(30)29-24/h2-4,7-8,13-17,20,28H,5-6,9-10H2,1H3. The quantitative estimate of drug-likeness (QED) is 0.505. The van der Waals surface area contributed by atoms with Crippen molar-refractivity contribution >= 4 is 11.5 Å². The van der Waals surface area contributed by atoms with Crippen molar-refractivity contribution in [3.05, 3.63) is 78.0 Å². The van der Waals surface area contributed by atoms with Crippen molar-refractivity contribution in [1.29, 1.82) is 0 Å². The molecule has 1 saturated carbocycles. The summed E-state index contributed by atoms with van der Waals surface area (Å²) in [5, 5.41) is 3.74. The first kappa shape index (κ1) is 18.4. The van der Waals surface area contributed by atoms with Crippen molar-refractivity contribution in [2.75, 3.05) is 5.32 Å². The lowest BCUT2D eigenvalue weighted by Crippen LogP contribution is -2.16. The number of rotatable bonds is 3. The second kappa shape index (κ2) is 8.00. The molecule has 1 N–H and O–H groups in total. The highest BCUT2D eigenvalue weighted by atomic mass is 15.2. The van der Waals surface area contributed by atoms with Crippen molar-refractivity contribution < 1.29 is 0 Å². The maximum absolute atomic E-state index is 4.87. The van der Waals surface area contributed by atoms with Gasteiger partial charge in [0.2, 0.25) is 0 Å². The molecule has 3 aromatic heterocycles. The van der Waals surface area contributed by atoms with E-state index in [1.807, 2.05) is 49.5 Å². The predicted octanol–water partition coefficient (Wildman–Crippen LogP) is 4.85. The summed E-state index contributed by atoms with van der Waals surface area (Å²) < 4.78 is 2.09. The molecule has 148 valence electrons. The molecule has 1 fully saturated rings. The summed E-state index contributed by atoms with van der Waals surface area (Å²) in [5.41, 5.74) is 5.43. The number of nitrogens with zero attached hydrogens (tertiary/aromatic N) is 4. The fraction of sp³-hybridized carbons (Fsp3) is 0.240. The second-order valence-corrected chi connectivity index (χ2v) is 7.68. The van der Waals surface area contributed by atoms with Gasteiger partial charge in [0.15, 0.2) is 5.65 Å². The molecule has 0 spiro atoms. The van der Waals surface area contributed by atoms with Crippen LogP contribution in [0, 0.1) is 18.8 Å². The van der Waals surface area contributed by atoms with E-state index in [2.05, 4.69) is 32.6 Å². The zero-order valence-electron chi connectivity index (χ0n) is 17.0. The van der Waals surface area contributed by atoms with E-state index in [1.165, 1.54) is 25.7 Å². The molecule has 1 aromatic carbocycles. The van der Waals surface area contributed by atoms with Crippen molar-refractivity contribution in [3.63, 3.8) is 0 Å². The number of aromatic nitrogens is 4. The molecule has 0 saturated heterocycles. The Morgan fingerprint density at radius 1 is 1.00 bits per heavy atom. The average molecular weight is 393 g/mol. The van der Waals surface area contributed by atoms with Crippen LogP contribution in [0.25, 0.3) is 16.9 Å². The Labute approximate surface area is 176 Å². The fourth-order valence-corrected chi connectivity index (χ4v) is 4.03. The first-order chi connectivity index (χ1) is 14.8. The van der Waals surface area contributed by atoms with Gasteiger partial charge in [0.05, 0.1) is 6.20 Å². The fourth-order valence-electron chi connectivity index (χ4n) is 4.03. The highest BCUT2D eigenvalue weighted by molar-refractivity contribution is 5.78. The minimum atomic E-state index is 0.487. The molecule has 1 aliphatic carbocycles. The van der Waals surface area contributed by atoms with Crippen LogP contribution in [0.15, 0.2) is 61.1 Å². The topological polar surface area (TPSA) is 55.1 Å². The zero-order chi connectivity index (χ0) is 20.3. The molecule has 5 heteroatoms. The number of benzene rings is 1. The van der Waals surface area contributed by atoms with Crippen LogP contribution < -0.4 is 5.32 Å². The van der Waals surface area contributed by atoms with E-state index < -0.39 is 0 Å². The third-order valence-electron chi connectivity index (χ3n) is 5.58. The van der Waals surface area contributed by atoms with E-state index in [0.717, 1.165) is 39.7 Å². The van der Waals surface area contributed by atoms with Crippen molar-refractivity contribution in [2.45, 2.75) is 38.6 Å². The number of nitrogens with one attached hydrogen (secondary N) is 1. The highest BCUT2D eigenvalue weighted by Gasteiger charge is 2.21. The number of hydrogen-bond donors (Lipinski definition) is 1. The molecule has 0 atom stereocenters. The SMILES string of the molecule is Cc1nc(C#Cc2ccccc2)ccc1-c1nc2cnccn2c1NC1CCCC1. The van der Waals surface area contributed by atoms with Crippen LogP contribution >= 0.6 is 0 Å². The van der Waals surface area contributed by atoms with Crippen LogP contribution in [0.2, 0.25) is 0 Å². The Hall–Kier alpha value is -3.65. The zero-order valence-corrected chi connectivity index (χ0v) is 17.0. The number of fused-ring (bicyclic) bond motifs is 1. The molecule has 4 aromatic rings. The summed E-state index contributed by atoms with van der Waals surface area (Å²) in [4.78, 5) is 13.8. The lowest BCUT2D eigenvalue weighted by atomic mass is 10.1. The van der Waals surface area contributed by atoms with Crippen molar-refractivity contribution in [1.82, 2.24) is 19.4 Å². The van der Waals surface area contributed by atoms with Crippen LogP contribution in [0.5, 0.6) is 0 Å². The molecule has 30 heavy (non-hydrogen) atoms. The van der Waals surface area contributed by atoms with Gasteiger partial charge in [-0.3, -0.25) is 9.38 Å². The normalized spacial score (nSPS) is 13.9. The van der Waals surface area contributed by atoms with E-state index in [-0.39, 0.29) is 0 Å². The summed E-state index contributed by atoms with van der Waals surface area (Å²) in [6.45, 7) is 2.02. The van der Waals surface area contributed by atoms with Crippen molar-refractivity contribution in [2.24, 2.45) is 0 Å². The van der Waals surface area contributed by atoms with Crippen LogP contribution in [0.3, 0.4) is 0 Å². The third-order valence-corrected chi connectivity index (χ3v) is 5.58. The molecule has 0 aliphatic heterocycles. The maximum atomic E-state index is 4.87. The van der Waals surface area contributed by atoms with E-state index in [1.54, 1.807) is 12.4 Å². The minimum absolute atomic E-state index is 0.487. The summed E-state index contributed by atoms with van der Waals surface area (Å²) >= 11 is 0. The summed E-state index contributed by atoms with van der Waals surface area (Å²) in [5.74, 6) is 7.36. The Morgan fingerprint density at radius 2 is 1.83 bits per heavy atom. The van der Waals surface area contributed by atoms with E-state index >= 15 is 0 Å². The summed E-state index contributed by atoms with van der Waals surface area (Å²) in [6.07, 6.45) is 10.5. The van der Waals surface area contributed by atoms with Gasteiger partial charge in [0, 0.05) is 35.3 Å². The number of pyridine rings is 1. The lowest BCUT2D eigenvalue weighted by molar-refractivity contribution is 0.749. The van der Waals surface area contributed by atoms with E-state index in [0.29, 0.717) is 6.04 Å². The molecule has 1 aliphatic rings. The van der Waals surface area contributed by atoms with Crippen LogP contribution in [-0.2, 0) is 0 Å². The molecule has 0 radical (unpaired) electrons. The van der Waals surface area contributed by atoms with Gasteiger partial charge in [-0.1, -0.05) is 37.0 Å². The molecule has 0 bridgehead atoms. The predicted molar refractivity (Wildman–Crippen MR) is 119 cm³/mol. The largest absolute Gasteiger partial charge is 0.367 e. The van der Waals surface area contributed by atoms with E-state index in [9.17, 15) is 0 Å². The third kappa shape index (κ3) is 3.65. The van der Waals surface area contributed by atoms with Gasteiger partial charge >= 0.3 is 0 Å². The van der Waals surface area contributed by atoms with Gasteiger partial charge in [-0.2, -0.15) is 0 Å². The first-order valence-electron chi connectivity index (χ1n) is 10.4. The Kier molecular flexibility index (Phi) is 4.90. The van der Waals surface area contributed by atoms with Crippen LogP contribution in [0.1, 0.15) is 42.6 Å². The van der Waals surface area contributed by atoms with Gasteiger partial charge in [-0.05, 0) is 50.0 Å². The number of aryl methyl sites for hydroxylation is 1. The van der Waals surface area contributed by atoms with Crippen LogP contribution in [0.4, 0.5) is 5.82 Å². The average Bonchev–Trinajstić information content (AvgIpc) is 3.42. The number of imidazole rings is 1. The monoisotopic (exact) mass is 393 g/mol. The second-order valence-electron chi connectivity index (χ2n) is 7.68. The first-order valence-corrected chi connectivity index (χ1v) is 10.4. The Morgan fingerprint density at radius 3 is 2.63 bits per heavy atom. The summed E-state index contributed by atoms with van der Waals surface area (Å²) in [7, 11) is 0. The van der Waals surface area contributed by atoms with Gasteiger partial charge in [-0.25, -0.2) is 9.97 Å². The van der Waals surface area contributed by atoms with Gasteiger partial charge in [-0.15, -0.1) is 0 Å². The Balaban J connectivity index is 1.53. The molecular weight excluding hydrogens is 370 g/mol.